The number of aliphatic hydroxyl groups is 4. The van der Waals surface area contributed by atoms with Crippen molar-refractivity contribution in [3.05, 3.63) is 0 Å². The van der Waals surface area contributed by atoms with Crippen LogP contribution < -0.4 is 0 Å². The molecule has 0 spiro atoms. The molecule has 0 aromatic heterocycles. The smallest absolute Gasteiger partial charge is 0.306 e. The Morgan fingerprint density at radius 2 is 1.67 bits per heavy atom. The highest BCUT2D eigenvalue weighted by Gasteiger charge is 2.25. The van der Waals surface area contributed by atoms with Crippen LogP contribution in [0.3, 0.4) is 0 Å². The van der Waals surface area contributed by atoms with Gasteiger partial charge in [-0.2, -0.15) is 0 Å². The van der Waals surface area contributed by atoms with Crippen molar-refractivity contribution in [3.63, 3.8) is 0 Å². The predicted molar refractivity (Wildman–Crippen MR) is 37.4 cm³/mol. The summed E-state index contributed by atoms with van der Waals surface area (Å²) in [4.78, 5) is 10.0. The zero-order valence-corrected chi connectivity index (χ0v) is 6.29. The van der Waals surface area contributed by atoms with Gasteiger partial charge in [-0.3, -0.25) is 4.79 Å². The van der Waals surface area contributed by atoms with E-state index < -0.39 is 37.3 Å². The van der Waals surface area contributed by atoms with Gasteiger partial charge in [0.2, 0.25) is 0 Å². The number of rotatable bonds is 5. The van der Waals surface area contributed by atoms with Gasteiger partial charge in [-0.15, -0.1) is 0 Å². The van der Waals surface area contributed by atoms with Crippen LogP contribution in [0.1, 0.15) is 6.42 Å². The van der Waals surface area contributed by atoms with Crippen LogP contribution in [0.4, 0.5) is 0 Å². The molecule has 0 unspecified atom stereocenters. The van der Waals surface area contributed by atoms with Crippen LogP contribution in [-0.2, 0) is 4.79 Å². The standard InChI is InChI=1S/C6H12O6/c7-2-4(9)6(12)3(8)1-5(10)11/h3-4,6-9,12H,1-2H2,(H,10,11)/t3-,4+,6-/m1/s1. The first-order chi connectivity index (χ1) is 5.49. The first kappa shape index (κ1) is 11.3. The molecule has 0 aliphatic heterocycles. The highest BCUT2D eigenvalue weighted by atomic mass is 16.4. The van der Waals surface area contributed by atoms with Crippen molar-refractivity contribution >= 4 is 5.97 Å². The molecule has 3 atom stereocenters. The number of carboxylic acids is 1. The first-order valence-corrected chi connectivity index (χ1v) is 3.36. The van der Waals surface area contributed by atoms with Gasteiger partial charge in [0.25, 0.3) is 0 Å². The minimum Gasteiger partial charge on any atom is -0.481 e. The van der Waals surface area contributed by atoms with E-state index in [1.54, 1.807) is 0 Å². The second kappa shape index (κ2) is 5.04. The first-order valence-electron chi connectivity index (χ1n) is 3.36. The lowest BCUT2D eigenvalue weighted by Crippen LogP contribution is -2.40. The molecule has 0 aromatic rings. The highest BCUT2D eigenvalue weighted by Crippen LogP contribution is 2.03. The Morgan fingerprint density at radius 1 is 1.17 bits per heavy atom. The zero-order valence-electron chi connectivity index (χ0n) is 6.29. The zero-order chi connectivity index (χ0) is 9.72. The number of aliphatic hydroxyl groups excluding tert-OH is 4. The average molecular weight is 180 g/mol. The van der Waals surface area contributed by atoms with Gasteiger partial charge in [0.05, 0.1) is 19.1 Å². The Kier molecular flexibility index (Phi) is 4.75. The third-order valence-corrected chi connectivity index (χ3v) is 1.36. The molecule has 0 aromatic carbocycles. The van der Waals surface area contributed by atoms with E-state index in [-0.39, 0.29) is 0 Å². The molecule has 0 aliphatic rings. The van der Waals surface area contributed by atoms with Crippen LogP contribution in [0.5, 0.6) is 0 Å². The van der Waals surface area contributed by atoms with Gasteiger partial charge in [0.1, 0.15) is 12.2 Å². The number of carbonyl (C=O) groups is 1. The van der Waals surface area contributed by atoms with E-state index in [2.05, 4.69) is 0 Å². The summed E-state index contributed by atoms with van der Waals surface area (Å²) >= 11 is 0. The summed E-state index contributed by atoms with van der Waals surface area (Å²) in [7, 11) is 0. The molecule has 6 heteroatoms. The fourth-order valence-electron chi connectivity index (χ4n) is 0.664. The summed E-state index contributed by atoms with van der Waals surface area (Å²) in [5, 5.41) is 43.0. The van der Waals surface area contributed by atoms with Gasteiger partial charge in [0.15, 0.2) is 0 Å². The summed E-state index contributed by atoms with van der Waals surface area (Å²) in [6, 6.07) is 0. The molecule has 6 nitrogen and oxygen atoms in total. The quantitative estimate of drug-likeness (QED) is 0.320. The van der Waals surface area contributed by atoms with Crippen molar-refractivity contribution in [2.75, 3.05) is 6.61 Å². The summed E-state index contributed by atoms with van der Waals surface area (Å²) in [5.74, 6) is -1.29. The maximum atomic E-state index is 10.0. The molecule has 0 aliphatic carbocycles. The minimum atomic E-state index is -1.63. The Hall–Kier alpha value is -0.690. The van der Waals surface area contributed by atoms with Crippen molar-refractivity contribution in [1.29, 1.82) is 0 Å². The van der Waals surface area contributed by atoms with E-state index in [1.807, 2.05) is 0 Å². The molecule has 12 heavy (non-hydrogen) atoms. The van der Waals surface area contributed by atoms with Gasteiger partial charge in [-0.1, -0.05) is 0 Å². The monoisotopic (exact) mass is 180 g/mol. The van der Waals surface area contributed by atoms with Crippen molar-refractivity contribution in [2.24, 2.45) is 0 Å². The van der Waals surface area contributed by atoms with Crippen LogP contribution in [-0.4, -0.2) is 56.4 Å². The molecule has 72 valence electrons. The van der Waals surface area contributed by atoms with Gasteiger partial charge in [-0.05, 0) is 0 Å². The summed E-state index contributed by atoms with van der Waals surface area (Å²) in [5.41, 5.74) is 0. The molecule has 0 saturated heterocycles. The van der Waals surface area contributed by atoms with E-state index >= 15 is 0 Å². The number of hydrogen-bond acceptors (Lipinski definition) is 5. The van der Waals surface area contributed by atoms with Crippen molar-refractivity contribution < 1.29 is 30.3 Å². The molecular weight excluding hydrogens is 168 g/mol. The minimum absolute atomic E-state index is 0.668. The Morgan fingerprint density at radius 3 is 2.00 bits per heavy atom. The Balaban J connectivity index is 3.91. The second-order valence-electron chi connectivity index (χ2n) is 2.41. The number of aliphatic carboxylic acids is 1. The van der Waals surface area contributed by atoms with Gasteiger partial charge < -0.3 is 25.5 Å². The lowest BCUT2D eigenvalue weighted by atomic mass is 10.1. The van der Waals surface area contributed by atoms with E-state index in [9.17, 15) is 4.79 Å². The van der Waals surface area contributed by atoms with E-state index in [0.29, 0.717) is 0 Å². The normalized spacial score (nSPS) is 18.3. The molecule has 0 rings (SSSR count). The lowest BCUT2D eigenvalue weighted by Gasteiger charge is -2.19. The molecule has 0 bridgehead atoms. The molecular formula is C6H12O6. The third kappa shape index (κ3) is 3.63. The third-order valence-electron chi connectivity index (χ3n) is 1.36. The maximum Gasteiger partial charge on any atom is 0.306 e. The van der Waals surface area contributed by atoms with Crippen LogP contribution in [0.25, 0.3) is 0 Å². The fourth-order valence-corrected chi connectivity index (χ4v) is 0.664. The highest BCUT2D eigenvalue weighted by molar-refractivity contribution is 5.67. The Bertz CT molecular complexity index is 147. The SMILES string of the molecule is O=C(O)C[C@@H](O)[C@@H](O)[C@@H](O)CO. The molecule has 0 radical (unpaired) electrons. The van der Waals surface area contributed by atoms with Crippen LogP contribution in [0.2, 0.25) is 0 Å². The Labute approximate surface area is 68.7 Å². The number of hydrogen-bond donors (Lipinski definition) is 5. The summed E-state index contributed by atoms with van der Waals surface area (Å²) in [6.45, 7) is -0.724. The summed E-state index contributed by atoms with van der Waals surface area (Å²) in [6.07, 6.45) is -5.38. The van der Waals surface area contributed by atoms with Crippen LogP contribution >= 0.6 is 0 Å². The topological polar surface area (TPSA) is 118 Å². The molecule has 0 fully saturated rings. The van der Waals surface area contributed by atoms with E-state index in [4.69, 9.17) is 25.5 Å². The molecule has 0 saturated carbocycles. The van der Waals surface area contributed by atoms with E-state index in [1.165, 1.54) is 0 Å². The van der Waals surface area contributed by atoms with Crippen molar-refractivity contribution in [1.82, 2.24) is 0 Å². The molecule has 0 amide bonds. The van der Waals surface area contributed by atoms with Crippen LogP contribution in [0.15, 0.2) is 0 Å². The summed E-state index contributed by atoms with van der Waals surface area (Å²) < 4.78 is 0. The molecule has 0 heterocycles. The van der Waals surface area contributed by atoms with E-state index in [0.717, 1.165) is 0 Å². The number of carboxylic acid groups (broad SMARTS) is 1. The molecule has 5 N–H and O–H groups in total. The lowest BCUT2D eigenvalue weighted by molar-refractivity contribution is -0.143. The van der Waals surface area contributed by atoms with Crippen LogP contribution in [0, 0.1) is 0 Å². The van der Waals surface area contributed by atoms with Crippen molar-refractivity contribution in [3.8, 4) is 0 Å². The van der Waals surface area contributed by atoms with Crippen molar-refractivity contribution in [2.45, 2.75) is 24.7 Å². The van der Waals surface area contributed by atoms with Gasteiger partial charge in [0, 0.05) is 0 Å². The fraction of sp³-hybridized carbons (Fsp3) is 0.833. The van der Waals surface area contributed by atoms with Gasteiger partial charge in [-0.25, -0.2) is 0 Å². The largest absolute Gasteiger partial charge is 0.481 e. The predicted octanol–water partition coefficient (Wildman–Crippen LogP) is -2.46. The average Bonchev–Trinajstić information content (AvgIpc) is 2.00. The van der Waals surface area contributed by atoms with Gasteiger partial charge >= 0.3 is 5.97 Å². The maximum absolute atomic E-state index is 10.0. The second-order valence-corrected chi connectivity index (χ2v) is 2.41.